The third kappa shape index (κ3) is 3.65. The van der Waals surface area contributed by atoms with Crippen LogP contribution in [0.4, 0.5) is 4.39 Å². The summed E-state index contributed by atoms with van der Waals surface area (Å²) in [5.74, 6) is -0.307. The van der Waals surface area contributed by atoms with Gasteiger partial charge in [0.2, 0.25) is 0 Å². The lowest BCUT2D eigenvalue weighted by Crippen LogP contribution is -2.28. The van der Waals surface area contributed by atoms with Crippen LogP contribution in [0, 0.1) is 5.82 Å². The molecule has 24 heavy (non-hydrogen) atoms. The van der Waals surface area contributed by atoms with Gasteiger partial charge in [-0.2, -0.15) is 5.10 Å². The van der Waals surface area contributed by atoms with Crippen LogP contribution in [0.25, 0.3) is 5.69 Å². The van der Waals surface area contributed by atoms with Crippen molar-refractivity contribution in [2.45, 2.75) is 6.42 Å². The number of aromatic nitrogens is 3. The fraction of sp³-hybridized carbons (Fsp3) is 0.167. The summed E-state index contributed by atoms with van der Waals surface area (Å²) in [6.45, 7) is 0.565. The SMILES string of the molecule is CN(CCc1ccc(F)cc1)C(=O)c1ccc(-n2cncn2)cc1. The van der Waals surface area contributed by atoms with E-state index in [1.165, 1.54) is 18.5 Å². The molecular weight excluding hydrogens is 307 g/mol. The number of hydrogen-bond acceptors (Lipinski definition) is 3. The van der Waals surface area contributed by atoms with Gasteiger partial charge < -0.3 is 4.90 Å². The summed E-state index contributed by atoms with van der Waals surface area (Å²) in [4.78, 5) is 18.0. The number of carbonyl (C=O) groups is 1. The molecule has 0 radical (unpaired) electrons. The summed E-state index contributed by atoms with van der Waals surface area (Å²) in [7, 11) is 1.76. The van der Waals surface area contributed by atoms with Crippen molar-refractivity contribution in [3.05, 3.63) is 78.1 Å². The van der Waals surface area contributed by atoms with Crippen molar-refractivity contribution in [3.63, 3.8) is 0 Å². The second-order valence-corrected chi connectivity index (χ2v) is 5.49. The van der Waals surface area contributed by atoms with E-state index in [0.717, 1.165) is 11.3 Å². The fourth-order valence-electron chi connectivity index (χ4n) is 2.37. The monoisotopic (exact) mass is 324 g/mol. The number of nitrogens with zero attached hydrogens (tertiary/aromatic N) is 4. The molecule has 6 heteroatoms. The lowest BCUT2D eigenvalue weighted by atomic mass is 10.1. The summed E-state index contributed by atoms with van der Waals surface area (Å²) in [5, 5.41) is 4.05. The van der Waals surface area contributed by atoms with Crippen LogP contribution in [-0.4, -0.2) is 39.2 Å². The molecule has 0 aliphatic heterocycles. The van der Waals surface area contributed by atoms with Gasteiger partial charge in [-0.05, 0) is 48.4 Å². The summed E-state index contributed by atoms with van der Waals surface area (Å²) >= 11 is 0. The first-order valence-corrected chi connectivity index (χ1v) is 7.58. The number of halogens is 1. The molecule has 1 aromatic heterocycles. The molecule has 0 spiro atoms. The molecule has 0 fully saturated rings. The van der Waals surface area contributed by atoms with Crippen LogP contribution >= 0.6 is 0 Å². The fourth-order valence-corrected chi connectivity index (χ4v) is 2.37. The van der Waals surface area contributed by atoms with Crippen LogP contribution in [0.3, 0.4) is 0 Å². The Morgan fingerprint density at radius 1 is 1.12 bits per heavy atom. The third-order valence-electron chi connectivity index (χ3n) is 3.79. The molecule has 0 saturated carbocycles. The molecule has 3 rings (SSSR count). The molecule has 5 nitrogen and oxygen atoms in total. The largest absolute Gasteiger partial charge is 0.341 e. The van der Waals surface area contributed by atoms with Gasteiger partial charge in [0, 0.05) is 19.2 Å². The minimum absolute atomic E-state index is 0.0535. The van der Waals surface area contributed by atoms with Crippen molar-refractivity contribution in [1.29, 1.82) is 0 Å². The summed E-state index contributed by atoms with van der Waals surface area (Å²) in [6, 6.07) is 13.5. The van der Waals surface area contributed by atoms with E-state index < -0.39 is 0 Å². The summed E-state index contributed by atoms with van der Waals surface area (Å²) in [6.07, 6.45) is 3.74. The van der Waals surface area contributed by atoms with Crippen molar-refractivity contribution in [2.75, 3.05) is 13.6 Å². The molecule has 0 atom stereocenters. The van der Waals surface area contributed by atoms with E-state index in [1.807, 2.05) is 12.1 Å². The number of rotatable bonds is 5. The van der Waals surface area contributed by atoms with Gasteiger partial charge in [0.25, 0.3) is 5.91 Å². The van der Waals surface area contributed by atoms with Crippen molar-refractivity contribution < 1.29 is 9.18 Å². The van der Waals surface area contributed by atoms with Crippen molar-refractivity contribution >= 4 is 5.91 Å². The van der Waals surface area contributed by atoms with Crippen LogP contribution in [0.5, 0.6) is 0 Å². The first-order valence-electron chi connectivity index (χ1n) is 7.58. The predicted octanol–water partition coefficient (Wildman–Crippen LogP) is 2.72. The molecule has 0 unspecified atom stereocenters. The van der Waals surface area contributed by atoms with Gasteiger partial charge in [0.1, 0.15) is 18.5 Å². The zero-order chi connectivity index (χ0) is 16.9. The number of hydrogen-bond donors (Lipinski definition) is 0. The van der Waals surface area contributed by atoms with E-state index >= 15 is 0 Å². The Hall–Kier alpha value is -3.02. The van der Waals surface area contributed by atoms with Gasteiger partial charge in [-0.3, -0.25) is 4.79 Å². The number of likely N-dealkylation sites (N-methyl/N-ethyl adjacent to an activating group) is 1. The van der Waals surface area contributed by atoms with Crippen LogP contribution in [0.15, 0.2) is 61.2 Å². The topological polar surface area (TPSA) is 51.0 Å². The van der Waals surface area contributed by atoms with Crippen molar-refractivity contribution in [3.8, 4) is 5.69 Å². The van der Waals surface area contributed by atoms with E-state index in [4.69, 9.17) is 0 Å². The second kappa shape index (κ2) is 7.04. The molecular formula is C18H17FN4O. The summed E-state index contributed by atoms with van der Waals surface area (Å²) < 4.78 is 14.5. The third-order valence-corrected chi connectivity index (χ3v) is 3.79. The maximum Gasteiger partial charge on any atom is 0.253 e. The highest BCUT2D eigenvalue weighted by atomic mass is 19.1. The average molecular weight is 324 g/mol. The van der Waals surface area contributed by atoms with Crippen LogP contribution < -0.4 is 0 Å². The van der Waals surface area contributed by atoms with E-state index in [0.29, 0.717) is 18.5 Å². The van der Waals surface area contributed by atoms with Crippen LogP contribution in [0.2, 0.25) is 0 Å². The lowest BCUT2D eigenvalue weighted by Gasteiger charge is -2.17. The highest BCUT2D eigenvalue weighted by Crippen LogP contribution is 2.11. The highest BCUT2D eigenvalue weighted by molar-refractivity contribution is 5.94. The number of amides is 1. The Bertz CT molecular complexity index is 798. The Morgan fingerprint density at radius 2 is 1.83 bits per heavy atom. The van der Waals surface area contributed by atoms with Crippen molar-refractivity contribution in [2.24, 2.45) is 0 Å². The summed E-state index contributed by atoms with van der Waals surface area (Å²) in [5.41, 5.74) is 2.45. The zero-order valence-corrected chi connectivity index (χ0v) is 13.3. The second-order valence-electron chi connectivity index (χ2n) is 5.49. The van der Waals surface area contributed by atoms with Crippen LogP contribution in [-0.2, 0) is 6.42 Å². The standard InChI is InChI=1S/C18H17FN4O/c1-22(11-10-14-2-6-16(19)7-3-14)18(24)15-4-8-17(9-5-15)23-13-20-12-21-23/h2-9,12-13H,10-11H2,1H3. The number of carbonyl (C=O) groups excluding carboxylic acids is 1. The maximum absolute atomic E-state index is 12.9. The van der Waals surface area contributed by atoms with Gasteiger partial charge >= 0.3 is 0 Å². The van der Waals surface area contributed by atoms with E-state index in [9.17, 15) is 9.18 Å². The maximum atomic E-state index is 12.9. The smallest absolute Gasteiger partial charge is 0.253 e. The van der Waals surface area contributed by atoms with Crippen LogP contribution in [0.1, 0.15) is 15.9 Å². The van der Waals surface area contributed by atoms with Gasteiger partial charge in [0.05, 0.1) is 5.69 Å². The molecule has 3 aromatic rings. The molecule has 1 heterocycles. The van der Waals surface area contributed by atoms with E-state index in [2.05, 4.69) is 10.1 Å². The van der Waals surface area contributed by atoms with E-state index in [1.54, 1.807) is 47.2 Å². The lowest BCUT2D eigenvalue weighted by molar-refractivity contribution is 0.0796. The zero-order valence-electron chi connectivity index (χ0n) is 13.3. The molecule has 0 saturated heterocycles. The van der Waals surface area contributed by atoms with Gasteiger partial charge in [-0.15, -0.1) is 0 Å². The molecule has 122 valence electrons. The Balaban J connectivity index is 1.61. The number of benzene rings is 2. The van der Waals surface area contributed by atoms with Crippen molar-refractivity contribution in [1.82, 2.24) is 19.7 Å². The molecule has 0 aliphatic carbocycles. The Kier molecular flexibility index (Phi) is 4.65. The molecule has 0 aliphatic rings. The predicted molar refractivity (Wildman–Crippen MR) is 88.4 cm³/mol. The average Bonchev–Trinajstić information content (AvgIpc) is 3.15. The van der Waals surface area contributed by atoms with Gasteiger partial charge in [-0.25, -0.2) is 14.1 Å². The van der Waals surface area contributed by atoms with Gasteiger partial charge in [-0.1, -0.05) is 12.1 Å². The quantitative estimate of drug-likeness (QED) is 0.725. The highest BCUT2D eigenvalue weighted by Gasteiger charge is 2.11. The normalized spacial score (nSPS) is 10.6. The minimum Gasteiger partial charge on any atom is -0.341 e. The molecule has 0 N–H and O–H groups in total. The Morgan fingerprint density at radius 3 is 2.46 bits per heavy atom. The first-order chi connectivity index (χ1) is 11.6. The molecule has 2 aromatic carbocycles. The molecule has 1 amide bonds. The van der Waals surface area contributed by atoms with Gasteiger partial charge in [0.15, 0.2) is 0 Å². The van der Waals surface area contributed by atoms with E-state index in [-0.39, 0.29) is 11.7 Å². The Labute approximate surface area is 139 Å². The minimum atomic E-state index is -0.254. The first kappa shape index (κ1) is 15.9. The molecule has 0 bridgehead atoms.